The average Bonchev–Trinajstić information content (AvgIpc) is 2.15. The number of aliphatic carboxylic acids is 1. The molecule has 1 N–H and O–H groups in total. The van der Waals surface area contributed by atoms with Gasteiger partial charge in [-0.3, -0.25) is 4.79 Å². The Kier molecular flexibility index (Phi) is 3.68. The van der Waals surface area contributed by atoms with Crippen LogP contribution in [0, 0.1) is 0 Å². The molecule has 0 aliphatic carbocycles. The van der Waals surface area contributed by atoms with Crippen molar-refractivity contribution in [2.75, 3.05) is 0 Å². The topological polar surface area (TPSA) is 63.6 Å². The molecule has 0 aromatic heterocycles. The third-order valence-corrected chi connectivity index (χ3v) is 1.91. The Bertz CT molecular complexity index is 358. The number of ketones is 1. The first-order valence-corrected chi connectivity index (χ1v) is 4.54. The zero-order valence-electron chi connectivity index (χ0n) is 7.94. The summed E-state index contributed by atoms with van der Waals surface area (Å²) in [6.07, 6.45) is -1.47. The second kappa shape index (κ2) is 4.79. The summed E-state index contributed by atoms with van der Waals surface area (Å²) >= 11 is 5.63. The van der Waals surface area contributed by atoms with Gasteiger partial charge in [0.2, 0.25) is 0 Å². The minimum absolute atomic E-state index is 0.294. The van der Waals surface area contributed by atoms with Gasteiger partial charge in [0.05, 0.1) is 0 Å². The number of halogens is 1. The van der Waals surface area contributed by atoms with Crippen LogP contribution in [0.3, 0.4) is 0 Å². The Morgan fingerprint density at radius 3 is 2.27 bits per heavy atom. The first kappa shape index (κ1) is 11.5. The summed E-state index contributed by atoms with van der Waals surface area (Å²) in [5, 5.41) is 9.20. The van der Waals surface area contributed by atoms with Crippen molar-refractivity contribution in [3.05, 3.63) is 29.3 Å². The van der Waals surface area contributed by atoms with E-state index in [0.29, 0.717) is 10.8 Å². The van der Waals surface area contributed by atoms with Crippen LogP contribution in [0.25, 0.3) is 0 Å². The number of Topliss-reactive ketones (excluding diaryl/α,β-unsaturated/α-hetero) is 1. The van der Waals surface area contributed by atoms with Crippen molar-refractivity contribution in [2.45, 2.75) is 13.0 Å². The number of hydrogen-bond donors (Lipinski definition) is 1. The van der Waals surface area contributed by atoms with Crippen LogP contribution in [0.5, 0.6) is 5.75 Å². The van der Waals surface area contributed by atoms with Gasteiger partial charge < -0.3 is 9.84 Å². The highest BCUT2D eigenvalue weighted by Crippen LogP contribution is 2.17. The van der Waals surface area contributed by atoms with Crippen LogP contribution >= 0.6 is 11.6 Å². The van der Waals surface area contributed by atoms with Gasteiger partial charge in [-0.2, -0.15) is 0 Å². The lowest BCUT2D eigenvalue weighted by atomic mass is 10.2. The third kappa shape index (κ3) is 3.25. The molecule has 1 unspecified atom stereocenters. The predicted octanol–water partition coefficient (Wildman–Crippen LogP) is 1.76. The van der Waals surface area contributed by atoms with Gasteiger partial charge in [0.15, 0.2) is 5.78 Å². The highest BCUT2D eigenvalue weighted by molar-refractivity contribution is 6.30. The molecule has 1 rings (SSSR count). The minimum Gasteiger partial charge on any atom is -0.478 e. The van der Waals surface area contributed by atoms with E-state index in [1.165, 1.54) is 12.1 Å². The number of carboxylic acids is 1. The maximum atomic E-state index is 10.9. The molecule has 0 amide bonds. The monoisotopic (exact) mass is 228 g/mol. The number of benzene rings is 1. The summed E-state index contributed by atoms with van der Waals surface area (Å²) in [6.45, 7) is 1.16. The molecule has 0 saturated heterocycles. The van der Waals surface area contributed by atoms with E-state index in [1.54, 1.807) is 12.1 Å². The minimum atomic E-state index is -1.47. The molecule has 0 spiro atoms. The fourth-order valence-corrected chi connectivity index (χ4v) is 1.08. The molecule has 0 fully saturated rings. The molecule has 0 aliphatic rings. The average molecular weight is 229 g/mol. The summed E-state index contributed by atoms with van der Waals surface area (Å²) in [6, 6.07) is 6.11. The Labute approximate surface area is 91.4 Å². The van der Waals surface area contributed by atoms with Crippen LogP contribution in [-0.4, -0.2) is 23.0 Å². The van der Waals surface area contributed by atoms with E-state index >= 15 is 0 Å². The molecular formula is C10H9ClO4. The molecule has 0 heterocycles. The molecule has 15 heavy (non-hydrogen) atoms. The maximum absolute atomic E-state index is 10.9. The van der Waals surface area contributed by atoms with Crippen molar-refractivity contribution < 1.29 is 19.4 Å². The molecule has 80 valence electrons. The van der Waals surface area contributed by atoms with Crippen molar-refractivity contribution in [1.29, 1.82) is 0 Å². The Morgan fingerprint density at radius 1 is 1.33 bits per heavy atom. The van der Waals surface area contributed by atoms with Gasteiger partial charge in [0.25, 0.3) is 6.10 Å². The Morgan fingerprint density at radius 2 is 1.87 bits per heavy atom. The summed E-state index contributed by atoms with van der Waals surface area (Å²) < 4.78 is 4.98. The zero-order valence-corrected chi connectivity index (χ0v) is 8.69. The van der Waals surface area contributed by atoms with E-state index in [2.05, 4.69) is 0 Å². The van der Waals surface area contributed by atoms with Crippen LogP contribution in [-0.2, 0) is 9.59 Å². The molecule has 0 radical (unpaired) electrons. The normalized spacial score (nSPS) is 11.9. The van der Waals surface area contributed by atoms with E-state index < -0.39 is 17.9 Å². The van der Waals surface area contributed by atoms with Gasteiger partial charge in [-0.25, -0.2) is 4.79 Å². The molecule has 1 aromatic rings. The lowest BCUT2D eigenvalue weighted by molar-refractivity contribution is -0.149. The van der Waals surface area contributed by atoms with Crippen molar-refractivity contribution in [3.8, 4) is 5.75 Å². The number of carboxylic acid groups (broad SMARTS) is 1. The molecule has 0 aliphatic heterocycles. The first-order chi connectivity index (χ1) is 7.00. The van der Waals surface area contributed by atoms with Crippen molar-refractivity contribution >= 4 is 23.4 Å². The Hall–Kier alpha value is -1.55. The number of carbonyl (C=O) groups excluding carboxylic acids is 1. The third-order valence-electron chi connectivity index (χ3n) is 1.66. The van der Waals surface area contributed by atoms with Gasteiger partial charge in [0.1, 0.15) is 5.75 Å². The van der Waals surface area contributed by atoms with E-state index in [4.69, 9.17) is 21.4 Å². The highest BCUT2D eigenvalue weighted by Gasteiger charge is 2.24. The highest BCUT2D eigenvalue weighted by atomic mass is 35.5. The largest absolute Gasteiger partial charge is 0.478 e. The van der Waals surface area contributed by atoms with Crippen LogP contribution in [0.2, 0.25) is 5.02 Å². The molecule has 1 aromatic carbocycles. The van der Waals surface area contributed by atoms with Gasteiger partial charge in [0, 0.05) is 5.02 Å². The number of carbonyl (C=O) groups is 2. The molecule has 0 bridgehead atoms. The van der Waals surface area contributed by atoms with E-state index in [1.807, 2.05) is 0 Å². The van der Waals surface area contributed by atoms with Gasteiger partial charge in [-0.05, 0) is 31.2 Å². The van der Waals surface area contributed by atoms with Crippen LogP contribution in [0.15, 0.2) is 24.3 Å². The Balaban J connectivity index is 2.79. The summed E-state index contributed by atoms with van der Waals surface area (Å²) in [5.74, 6) is -1.57. The van der Waals surface area contributed by atoms with E-state index in [-0.39, 0.29) is 0 Å². The quantitative estimate of drug-likeness (QED) is 0.798. The predicted molar refractivity (Wildman–Crippen MR) is 54.2 cm³/mol. The molecule has 4 nitrogen and oxygen atoms in total. The van der Waals surface area contributed by atoms with Crippen molar-refractivity contribution in [1.82, 2.24) is 0 Å². The van der Waals surface area contributed by atoms with Crippen molar-refractivity contribution in [2.24, 2.45) is 0 Å². The fraction of sp³-hybridized carbons (Fsp3) is 0.200. The zero-order chi connectivity index (χ0) is 11.4. The van der Waals surface area contributed by atoms with Crippen LogP contribution < -0.4 is 4.74 Å². The number of ether oxygens (including phenoxy) is 1. The van der Waals surface area contributed by atoms with Crippen LogP contribution in [0.4, 0.5) is 0 Å². The van der Waals surface area contributed by atoms with E-state index in [0.717, 1.165) is 6.92 Å². The second-order valence-electron chi connectivity index (χ2n) is 2.90. The van der Waals surface area contributed by atoms with E-state index in [9.17, 15) is 9.59 Å². The molecule has 5 heteroatoms. The summed E-state index contributed by atoms with van der Waals surface area (Å²) in [7, 11) is 0. The van der Waals surface area contributed by atoms with Gasteiger partial charge in [-0.1, -0.05) is 11.6 Å². The lowest BCUT2D eigenvalue weighted by Gasteiger charge is -2.11. The lowest BCUT2D eigenvalue weighted by Crippen LogP contribution is -2.33. The number of rotatable bonds is 4. The second-order valence-corrected chi connectivity index (χ2v) is 3.34. The van der Waals surface area contributed by atoms with Gasteiger partial charge in [-0.15, -0.1) is 0 Å². The molecule has 0 saturated carbocycles. The summed E-state index contributed by atoms with van der Waals surface area (Å²) in [4.78, 5) is 21.6. The molecular weight excluding hydrogens is 220 g/mol. The summed E-state index contributed by atoms with van der Waals surface area (Å²) in [5.41, 5.74) is 0. The fourth-order valence-electron chi connectivity index (χ4n) is 0.957. The van der Waals surface area contributed by atoms with Crippen molar-refractivity contribution in [3.63, 3.8) is 0 Å². The smallest absolute Gasteiger partial charge is 0.352 e. The van der Waals surface area contributed by atoms with Crippen LogP contribution in [0.1, 0.15) is 6.92 Å². The molecule has 1 atom stereocenters. The first-order valence-electron chi connectivity index (χ1n) is 4.16. The SMILES string of the molecule is CC(=O)C(Oc1ccc(Cl)cc1)C(=O)O. The van der Waals surface area contributed by atoms with Gasteiger partial charge >= 0.3 is 5.97 Å². The maximum Gasteiger partial charge on any atom is 0.352 e. The number of hydrogen-bond acceptors (Lipinski definition) is 3. The standard InChI is InChI=1S/C10H9ClO4/c1-6(12)9(10(13)14)15-8-4-2-7(11)3-5-8/h2-5,9H,1H3,(H,13,14).